The number of benzene rings is 1. The lowest BCUT2D eigenvalue weighted by molar-refractivity contribution is 0.0739. The van der Waals surface area contributed by atoms with Gasteiger partial charge in [0.15, 0.2) is 0 Å². The predicted molar refractivity (Wildman–Crippen MR) is 82.5 cm³/mol. The first-order valence-electron chi connectivity index (χ1n) is 7.39. The maximum atomic E-state index is 9.96. The fourth-order valence-electron chi connectivity index (χ4n) is 2.47. The highest BCUT2D eigenvalue weighted by Crippen LogP contribution is 2.22. The van der Waals surface area contributed by atoms with Crippen LogP contribution >= 0.6 is 0 Å². The van der Waals surface area contributed by atoms with Gasteiger partial charge in [-0.3, -0.25) is 4.90 Å². The smallest absolute Gasteiger partial charge is 0.120 e. The second kappa shape index (κ2) is 6.95. The molecule has 1 fully saturated rings. The lowest BCUT2D eigenvalue weighted by Crippen LogP contribution is -2.49. The van der Waals surface area contributed by atoms with Gasteiger partial charge in [0.25, 0.3) is 0 Å². The fraction of sp³-hybridized carbons (Fsp3) is 0.625. The summed E-state index contributed by atoms with van der Waals surface area (Å²) in [5, 5.41) is 9.96. The van der Waals surface area contributed by atoms with Gasteiger partial charge in [-0.1, -0.05) is 19.9 Å². The van der Waals surface area contributed by atoms with Gasteiger partial charge in [-0.05, 0) is 18.1 Å². The lowest BCUT2D eigenvalue weighted by atomic mass is 10.1. The van der Waals surface area contributed by atoms with E-state index in [0.717, 1.165) is 38.5 Å². The third-order valence-corrected chi connectivity index (χ3v) is 4.01. The fourth-order valence-corrected chi connectivity index (χ4v) is 2.47. The molecule has 0 saturated carbocycles. The minimum atomic E-state index is -0.224. The third-order valence-electron chi connectivity index (χ3n) is 4.01. The van der Waals surface area contributed by atoms with Crippen LogP contribution in [0, 0.1) is 5.92 Å². The molecule has 0 aliphatic carbocycles. The number of hydrogen-bond acceptors (Lipinski definition) is 4. The Hall–Kier alpha value is -1.26. The number of aliphatic hydroxyl groups excluding tert-OH is 1. The molecule has 0 amide bonds. The van der Waals surface area contributed by atoms with Crippen LogP contribution in [0.1, 0.15) is 13.8 Å². The van der Waals surface area contributed by atoms with Crippen LogP contribution < -0.4 is 9.64 Å². The quantitative estimate of drug-likeness (QED) is 0.891. The minimum Gasteiger partial charge on any atom is -0.497 e. The lowest BCUT2D eigenvalue weighted by Gasteiger charge is -2.37. The van der Waals surface area contributed by atoms with E-state index in [4.69, 9.17) is 4.74 Å². The number of piperazine rings is 1. The Balaban J connectivity index is 1.87. The zero-order chi connectivity index (χ0) is 14.5. The summed E-state index contributed by atoms with van der Waals surface area (Å²) in [7, 11) is 1.70. The number of aliphatic hydroxyl groups is 1. The second-order valence-corrected chi connectivity index (χ2v) is 5.80. The van der Waals surface area contributed by atoms with Gasteiger partial charge in [0.05, 0.1) is 13.2 Å². The van der Waals surface area contributed by atoms with Crippen LogP contribution in [0.5, 0.6) is 5.75 Å². The average Bonchev–Trinajstić information content (AvgIpc) is 2.48. The minimum absolute atomic E-state index is 0.224. The van der Waals surface area contributed by atoms with E-state index in [0.29, 0.717) is 5.92 Å². The highest BCUT2D eigenvalue weighted by atomic mass is 16.5. The van der Waals surface area contributed by atoms with E-state index in [1.807, 2.05) is 12.1 Å². The number of nitrogens with zero attached hydrogens (tertiary/aromatic N) is 2. The molecular formula is C16H26N2O2. The van der Waals surface area contributed by atoms with Crippen molar-refractivity contribution < 1.29 is 9.84 Å². The first-order chi connectivity index (χ1) is 9.60. The van der Waals surface area contributed by atoms with Crippen molar-refractivity contribution in [1.29, 1.82) is 0 Å². The molecule has 1 atom stereocenters. The van der Waals surface area contributed by atoms with Gasteiger partial charge in [-0.15, -0.1) is 0 Å². The largest absolute Gasteiger partial charge is 0.497 e. The monoisotopic (exact) mass is 278 g/mol. The van der Waals surface area contributed by atoms with Crippen molar-refractivity contribution in [3.63, 3.8) is 0 Å². The van der Waals surface area contributed by atoms with Crippen LogP contribution in [0.2, 0.25) is 0 Å². The molecule has 2 rings (SSSR count). The predicted octanol–water partition coefficient (Wildman–Crippen LogP) is 1.83. The summed E-state index contributed by atoms with van der Waals surface area (Å²) in [5.74, 6) is 1.23. The molecule has 20 heavy (non-hydrogen) atoms. The molecule has 1 aromatic rings. The van der Waals surface area contributed by atoms with E-state index in [-0.39, 0.29) is 6.10 Å². The second-order valence-electron chi connectivity index (χ2n) is 5.80. The number of rotatable bonds is 5. The van der Waals surface area contributed by atoms with E-state index in [9.17, 15) is 5.11 Å². The van der Waals surface area contributed by atoms with Crippen molar-refractivity contribution >= 4 is 5.69 Å². The molecule has 1 heterocycles. The Kier molecular flexibility index (Phi) is 5.26. The first-order valence-corrected chi connectivity index (χ1v) is 7.39. The van der Waals surface area contributed by atoms with Crippen LogP contribution in [-0.4, -0.2) is 55.9 Å². The number of ether oxygens (including phenoxy) is 1. The highest BCUT2D eigenvalue weighted by molar-refractivity contribution is 5.51. The van der Waals surface area contributed by atoms with Crippen molar-refractivity contribution in [2.45, 2.75) is 20.0 Å². The Morgan fingerprint density at radius 1 is 1.20 bits per heavy atom. The summed E-state index contributed by atoms with van der Waals surface area (Å²) in [6.45, 7) is 8.91. The molecule has 1 aromatic carbocycles. The molecule has 112 valence electrons. The molecule has 1 unspecified atom stereocenters. The van der Waals surface area contributed by atoms with Crippen LogP contribution in [0.25, 0.3) is 0 Å². The molecule has 4 heteroatoms. The van der Waals surface area contributed by atoms with E-state index in [1.165, 1.54) is 5.69 Å². The number of anilines is 1. The van der Waals surface area contributed by atoms with Crippen LogP contribution in [0.15, 0.2) is 24.3 Å². The molecule has 1 aliphatic rings. The summed E-state index contributed by atoms with van der Waals surface area (Å²) in [5.41, 5.74) is 1.22. The molecule has 1 aliphatic heterocycles. The zero-order valence-corrected chi connectivity index (χ0v) is 12.7. The van der Waals surface area contributed by atoms with Crippen molar-refractivity contribution in [2.75, 3.05) is 44.7 Å². The maximum absolute atomic E-state index is 9.96. The van der Waals surface area contributed by atoms with E-state index < -0.39 is 0 Å². The topological polar surface area (TPSA) is 35.9 Å². The number of hydrogen-bond donors (Lipinski definition) is 1. The number of methoxy groups -OCH3 is 1. The normalized spacial score (nSPS) is 18.4. The summed E-state index contributed by atoms with van der Waals surface area (Å²) >= 11 is 0. The van der Waals surface area contributed by atoms with E-state index in [2.05, 4.69) is 35.8 Å². The van der Waals surface area contributed by atoms with Crippen molar-refractivity contribution in [2.24, 2.45) is 5.92 Å². The zero-order valence-electron chi connectivity index (χ0n) is 12.7. The van der Waals surface area contributed by atoms with Gasteiger partial charge in [0, 0.05) is 44.5 Å². The first kappa shape index (κ1) is 15.1. The molecule has 0 radical (unpaired) electrons. The molecular weight excluding hydrogens is 252 g/mol. The Morgan fingerprint density at radius 3 is 2.50 bits per heavy atom. The Morgan fingerprint density at radius 2 is 1.90 bits per heavy atom. The molecule has 0 spiro atoms. The van der Waals surface area contributed by atoms with Crippen molar-refractivity contribution in [3.05, 3.63) is 24.3 Å². The van der Waals surface area contributed by atoms with Crippen molar-refractivity contribution in [1.82, 2.24) is 4.90 Å². The summed E-state index contributed by atoms with van der Waals surface area (Å²) < 4.78 is 5.28. The maximum Gasteiger partial charge on any atom is 0.120 e. The van der Waals surface area contributed by atoms with Gasteiger partial charge in [0.2, 0.25) is 0 Å². The average molecular weight is 278 g/mol. The highest BCUT2D eigenvalue weighted by Gasteiger charge is 2.20. The van der Waals surface area contributed by atoms with E-state index >= 15 is 0 Å². The Bertz CT molecular complexity index is 415. The third kappa shape index (κ3) is 3.87. The molecule has 4 nitrogen and oxygen atoms in total. The number of β-amino-alcohol motifs (C(OH)–C–C–N with tert-alkyl or cyclic N) is 1. The standard InChI is InChI=1S/C16H26N2O2/c1-13(2)16(19)12-17-7-9-18(10-8-17)14-5-4-6-15(11-14)20-3/h4-6,11,13,16,19H,7-10,12H2,1-3H3. The summed E-state index contributed by atoms with van der Waals surface area (Å²) in [4.78, 5) is 4.72. The molecule has 1 saturated heterocycles. The van der Waals surface area contributed by atoms with Gasteiger partial charge in [-0.25, -0.2) is 0 Å². The van der Waals surface area contributed by atoms with Crippen molar-refractivity contribution in [3.8, 4) is 5.75 Å². The molecule has 1 N–H and O–H groups in total. The van der Waals surface area contributed by atoms with Crippen LogP contribution in [0.3, 0.4) is 0 Å². The van der Waals surface area contributed by atoms with Gasteiger partial charge in [0.1, 0.15) is 5.75 Å². The molecule has 0 bridgehead atoms. The van der Waals surface area contributed by atoms with E-state index in [1.54, 1.807) is 7.11 Å². The van der Waals surface area contributed by atoms with Gasteiger partial charge < -0.3 is 14.7 Å². The molecule has 0 aromatic heterocycles. The Labute approximate surface area is 122 Å². The summed E-state index contributed by atoms with van der Waals surface area (Å²) in [6, 6.07) is 8.21. The summed E-state index contributed by atoms with van der Waals surface area (Å²) in [6.07, 6.45) is -0.224. The van der Waals surface area contributed by atoms with Gasteiger partial charge >= 0.3 is 0 Å². The SMILES string of the molecule is COc1cccc(N2CCN(CC(O)C(C)C)CC2)c1. The van der Waals surface area contributed by atoms with Crippen LogP contribution in [-0.2, 0) is 0 Å². The van der Waals surface area contributed by atoms with Gasteiger partial charge in [-0.2, -0.15) is 0 Å². The van der Waals surface area contributed by atoms with Crippen LogP contribution in [0.4, 0.5) is 5.69 Å².